The highest BCUT2D eigenvalue weighted by Gasteiger charge is 2.18. The van der Waals surface area contributed by atoms with E-state index in [4.69, 9.17) is 5.26 Å². The van der Waals surface area contributed by atoms with Crippen molar-refractivity contribution in [2.75, 3.05) is 0 Å². The number of hydrogen-bond donors (Lipinski definition) is 1. The molecule has 0 amide bonds. The van der Waals surface area contributed by atoms with E-state index in [2.05, 4.69) is 15.2 Å². The fraction of sp³-hybridized carbons (Fsp3) is 0.0625. The number of azo groups is 1. The molecule has 3 rings (SSSR count). The molecule has 1 aromatic carbocycles. The topological polar surface area (TPSA) is 103 Å². The average Bonchev–Trinajstić information content (AvgIpc) is 2.91. The van der Waals surface area contributed by atoms with Crippen molar-refractivity contribution < 1.29 is 9.90 Å². The van der Waals surface area contributed by atoms with Crippen LogP contribution in [0.2, 0.25) is 0 Å². The van der Waals surface area contributed by atoms with Gasteiger partial charge >= 0.3 is 5.97 Å². The highest BCUT2D eigenvalue weighted by Crippen LogP contribution is 2.26. The molecular formula is C16H11N5O2. The molecule has 7 heteroatoms. The van der Waals surface area contributed by atoms with E-state index in [9.17, 15) is 9.90 Å². The molecule has 23 heavy (non-hydrogen) atoms. The van der Waals surface area contributed by atoms with Crippen LogP contribution in [0.15, 0.2) is 52.8 Å². The molecule has 0 saturated carbocycles. The number of aryl methyl sites for hydroxylation is 1. The van der Waals surface area contributed by atoms with Crippen molar-refractivity contribution in [3.63, 3.8) is 0 Å². The standard InChI is InChI=1S/C16H11N5O2/c1-10-6-7-21-13(8-10)18-14(16(22)23)15(21)20-19-12-5-3-2-4-11(12)9-17/h2-8H,1H3,(H,22,23). The summed E-state index contributed by atoms with van der Waals surface area (Å²) in [5.41, 5.74) is 1.97. The summed E-state index contributed by atoms with van der Waals surface area (Å²) in [4.78, 5) is 15.5. The van der Waals surface area contributed by atoms with Gasteiger partial charge in [0, 0.05) is 6.20 Å². The number of rotatable bonds is 3. The molecule has 0 aliphatic rings. The Kier molecular flexibility index (Phi) is 3.57. The second kappa shape index (κ2) is 5.69. The number of fused-ring (bicyclic) bond motifs is 1. The number of benzene rings is 1. The molecule has 0 aliphatic heterocycles. The number of imidazole rings is 1. The van der Waals surface area contributed by atoms with Gasteiger partial charge < -0.3 is 5.11 Å². The molecule has 0 aliphatic carbocycles. The van der Waals surface area contributed by atoms with Crippen LogP contribution in [0.4, 0.5) is 11.5 Å². The van der Waals surface area contributed by atoms with Crippen LogP contribution in [0.25, 0.3) is 5.65 Å². The summed E-state index contributed by atoms with van der Waals surface area (Å²) in [7, 11) is 0. The van der Waals surface area contributed by atoms with Gasteiger partial charge in [-0.1, -0.05) is 12.1 Å². The van der Waals surface area contributed by atoms with E-state index in [-0.39, 0.29) is 11.5 Å². The van der Waals surface area contributed by atoms with E-state index < -0.39 is 5.97 Å². The van der Waals surface area contributed by atoms with Crippen LogP contribution >= 0.6 is 0 Å². The van der Waals surface area contributed by atoms with Crippen LogP contribution in [-0.2, 0) is 0 Å². The van der Waals surface area contributed by atoms with Gasteiger partial charge in [-0.15, -0.1) is 10.2 Å². The lowest BCUT2D eigenvalue weighted by Gasteiger charge is -1.98. The van der Waals surface area contributed by atoms with Crippen LogP contribution in [0.5, 0.6) is 0 Å². The summed E-state index contributed by atoms with van der Waals surface area (Å²) in [5.74, 6) is -1.07. The third kappa shape index (κ3) is 2.65. The smallest absolute Gasteiger partial charge is 0.358 e. The normalized spacial score (nSPS) is 11.0. The molecule has 2 aromatic heterocycles. The van der Waals surface area contributed by atoms with Crippen LogP contribution in [0.1, 0.15) is 21.6 Å². The molecule has 0 radical (unpaired) electrons. The lowest BCUT2D eigenvalue weighted by Crippen LogP contribution is -1.96. The Morgan fingerprint density at radius 3 is 2.83 bits per heavy atom. The van der Waals surface area contributed by atoms with E-state index in [1.165, 1.54) is 0 Å². The van der Waals surface area contributed by atoms with Gasteiger partial charge in [-0.2, -0.15) is 5.26 Å². The molecule has 7 nitrogen and oxygen atoms in total. The summed E-state index contributed by atoms with van der Waals surface area (Å²) in [6, 6.07) is 12.3. The largest absolute Gasteiger partial charge is 0.476 e. The number of aromatic carboxylic acids is 1. The maximum Gasteiger partial charge on any atom is 0.358 e. The molecule has 0 unspecified atom stereocenters. The van der Waals surface area contributed by atoms with Gasteiger partial charge in [-0.05, 0) is 36.8 Å². The number of nitrogens with zero attached hydrogens (tertiary/aromatic N) is 5. The fourth-order valence-corrected chi connectivity index (χ4v) is 2.13. The van der Waals surface area contributed by atoms with Crippen molar-refractivity contribution in [3.8, 4) is 6.07 Å². The Hall–Kier alpha value is -3.53. The zero-order valence-electron chi connectivity index (χ0n) is 12.1. The SMILES string of the molecule is Cc1ccn2c(N=Nc3ccccc3C#N)c(C(=O)O)nc2c1. The number of nitriles is 1. The van der Waals surface area contributed by atoms with Crippen LogP contribution in [-0.4, -0.2) is 20.5 Å². The molecule has 0 atom stereocenters. The summed E-state index contributed by atoms with van der Waals surface area (Å²) in [6.45, 7) is 1.89. The molecule has 0 saturated heterocycles. The summed E-state index contributed by atoms with van der Waals surface area (Å²) in [6.07, 6.45) is 1.69. The third-order valence-corrected chi connectivity index (χ3v) is 3.24. The van der Waals surface area contributed by atoms with Crippen LogP contribution in [0.3, 0.4) is 0 Å². The van der Waals surface area contributed by atoms with Crippen LogP contribution < -0.4 is 0 Å². The van der Waals surface area contributed by atoms with Gasteiger partial charge in [0.15, 0.2) is 11.5 Å². The Morgan fingerprint density at radius 2 is 2.09 bits per heavy atom. The van der Waals surface area contributed by atoms with Crippen molar-refractivity contribution in [1.29, 1.82) is 5.26 Å². The quantitative estimate of drug-likeness (QED) is 0.746. The Labute approximate surface area is 131 Å². The number of hydrogen-bond acceptors (Lipinski definition) is 5. The highest BCUT2D eigenvalue weighted by molar-refractivity contribution is 5.91. The minimum absolute atomic E-state index is 0.111. The highest BCUT2D eigenvalue weighted by atomic mass is 16.4. The number of aromatic nitrogens is 2. The first-order chi connectivity index (χ1) is 11.1. The second-order valence-electron chi connectivity index (χ2n) is 4.85. The lowest BCUT2D eigenvalue weighted by atomic mass is 10.2. The molecule has 112 valence electrons. The first kappa shape index (κ1) is 14.4. The Morgan fingerprint density at radius 1 is 1.30 bits per heavy atom. The van der Waals surface area contributed by atoms with Gasteiger partial charge in [0.05, 0.1) is 5.56 Å². The maximum absolute atomic E-state index is 11.4. The van der Waals surface area contributed by atoms with E-state index >= 15 is 0 Å². The van der Waals surface area contributed by atoms with Gasteiger partial charge in [0.2, 0.25) is 0 Å². The summed E-state index contributed by atoms with van der Waals surface area (Å²) >= 11 is 0. The number of carbonyl (C=O) groups is 1. The van der Waals surface area contributed by atoms with E-state index in [1.54, 1.807) is 40.9 Å². The Balaban J connectivity index is 2.15. The number of carboxylic acids is 1. The lowest BCUT2D eigenvalue weighted by molar-refractivity contribution is 0.0692. The number of pyridine rings is 1. The molecule has 0 spiro atoms. The monoisotopic (exact) mass is 305 g/mol. The summed E-state index contributed by atoms with van der Waals surface area (Å²) in [5, 5.41) is 26.4. The molecular weight excluding hydrogens is 294 g/mol. The van der Waals surface area contributed by atoms with Crippen molar-refractivity contribution in [2.24, 2.45) is 10.2 Å². The second-order valence-corrected chi connectivity index (χ2v) is 4.85. The van der Waals surface area contributed by atoms with Gasteiger partial charge in [0.25, 0.3) is 0 Å². The van der Waals surface area contributed by atoms with Crippen molar-refractivity contribution >= 4 is 23.1 Å². The molecule has 3 aromatic rings. The van der Waals surface area contributed by atoms with Crippen molar-refractivity contribution in [1.82, 2.24) is 9.38 Å². The van der Waals surface area contributed by atoms with Crippen molar-refractivity contribution in [2.45, 2.75) is 6.92 Å². The van der Waals surface area contributed by atoms with Gasteiger partial charge in [-0.25, -0.2) is 9.78 Å². The minimum Gasteiger partial charge on any atom is -0.476 e. The maximum atomic E-state index is 11.4. The first-order valence-electron chi connectivity index (χ1n) is 6.73. The van der Waals surface area contributed by atoms with Crippen molar-refractivity contribution in [3.05, 3.63) is 59.4 Å². The van der Waals surface area contributed by atoms with Gasteiger partial charge in [-0.3, -0.25) is 4.40 Å². The van der Waals surface area contributed by atoms with E-state index in [1.807, 2.05) is 19.1 Å². The molecule has 0 bridgehead atoms. The molecule has 1 N–H and O–H groups in total. The number of carboxylic acid groups (broad SMARTS) is 1. The average molecular weight is 305 g/mol. The molecule has 2 heterocycles. The van der Waals surface area contributed by atoms with Gasteiger partial charge in [0.1, 0.15) is 17.4 Å². The predicted molar refractivity (Wildman–Crippen MR) is 82.2 cm³/mol. The predicted octanol–water partition coefficient (Wildman–Crippen LogP) is 3.63. The third-order valence-electron chi connectivity index (χ3n) is 3.24. The Bertz CT molecular complexity index is 982. The van der Waals surface area contributed by atoms with Crippen LogP contribution in [0, 0.1) is 18.3 Å². The molecule has 0 fully saturated rings. The fourth-order valence-electron chi connectivity index (χ4n) is 2.13. The zero-order valence-corrected chi connectivity index (χ0v) is 12.1. The minimum atomic E-state index is -1.19. The van der Waals surface area contributed by atoms with E-state index in [0.29, 0.717) is 16.9 Å². The summed E-state index contributed by atoms with van der Waals surface area (Å²) < 4.78 is 1.55. The zero-order chi connectivity index (χ0) is 16.4. The first-order valence-corrected chi connectivity index (χ1v) is 6.73. The van der Waals surface area contributed by atoms with E-state index in [0.717, 1.165) is 5.56 Å².